The van der Waals surface area contributed by atoms with Crippen molar-refractivity contribution in [3.8, 4) is 0 Å². The highest BCUT2D eigenvalue weighted by atomic mass is 32.2. The van der Waals surface area contributed by atoms with Crippen LogP contribution >= 0.6 is 0 Å². The van der Waals surface area contributed by atoms with Gasteiger partial charge >= 0.3 is 0 Å². The first-order valence-electron chi connectivity index (χ1n) is 11.9. The minimum absolute atomic E-state index is 0.0367. The van der Waals surface area contributed by atoms with Crippen LogP contribution in [0.4, 0.5) is 8.78 Å². The zero-order chi connectivity index (χ0) is 27.0. The Bertz CT molecular complexity index is 1310. The zero-order valence-corrected chi connectivity index (χ0v) is 21.6. The first-order valence-corrected chi connectivity index (χ1v) is 13.9. The zero-order valence-electron chi connectivity index (χ0n) is 20.7. The number of hydrogen-bond donors (Lipinski definition) is 3. The summed E-state index contributed by atoms with van der Waals surface area (Å²) in [5, 5.41) is 16.8. The highest BCUT2D eigenvalue weighted by Gasteiger charge is 2.23. The molecule has 0 aliphatic rings. The van der Waals surface area contributed by atoms with Crippen LogP contribution in [0.1, 0.15) is 39.5 Å². The molecule has 0 radical (unpaired) electrons. The largest absolute Gasteiger partial charge is 0.390 e. The molecule has 0 saturated heterocycles. The van der Waals surface area contributed by atoms with Gasteiger partial charge in [0.25, 0.3) is 5.91 Å². The normalized spacial score (nSPS) is 13.2. The number of nitrogens with one attached hydrogen (secondary N) is 2. The SMILES string of the molecule is CCc1cccc(CNCC(O)C(Cc2cc(F)cc(F)c2)NC(=O)c2cncc(CS(C)(=O)=O)c2)c1. The molecule has 0 aliphatic carbocycles. The minimum Gasteiger partial charge on any atom is -0.390 e. The third-order valence-corrected chi connectivity index (χ3v) is 6.58. The second-order valence-corrected chi connectivity index (χ2v) is 11.2. The smallest absolute Gasteiger partial charge is 0.253 e. The summed E-state index contributed by atoms with van der Waals surface area (Å²) >= 11 is 0. The number of hydrogen-bond acceptors (Lipinski definition) is 6. The fourth-order valence-corrected chi connectivity index (χ4v) is 4.74. The molecule has 2 aromatic carbocycles. The van der Waals surface area contributed by atoms with Gasteiger partial charge in [-0.2, -0.15) is 0 Å². The number of aromatic nitrogens is 1. The number of halogens is 2. The van der Waals surface area contributed by atoms with Gasteiger partial charge in [-0.1, -0.05) is 31.2 Å². The number of sulfone groups is 1. The van der Waals surface area contributed by atoms with Crippen molar-refractivity contribution in [3.05, 3.63) is 100 Å². The molecule has 3 aromatic rings. The van der Waals surface area contributed by atoms with Crippen LogP contribution in [0.2, 0.25) is 0 Å². The van der Waals surface area contributed by atoms with E-state index in [4.69, 9.17) is 0 Å². The second kappa shape index (κ2) is 12.8. The summed E-state index contributed by atoms with van der Waals surface area (Å²) in [6, 6.07) is 11.6. The number of benzene rings is 2. The van der Waals surface area contributed by atoms with E-state index in [1.54, 1.807) is 0 Å². The number of carbonyl (C=O) groups excluding carboxylic acids is 1. The quantitative estimate of drug-likeness (QED) is 0.332. The molecule has 3 rings (SSSR count). The van der Waals surface area contributed by atoms with Crippen LogP contribution < -0.4 is 10.6 Å². The molecule has 10 heteroatoms. The third-order valence-electron chi connectivity index (χ3n) is 5.73. The van der Waals surface area contributed by atoms with Crippen molar-refractivity contribution in [2.24, 2.45) is 0 Å². The average molecular weight is 532 g/mol. The van der Waals surface area contributed by atoms with E-state index in [-0.39, 0.29) is 29.8 Å². The summed E-state index contributed by atoms with van der Waals surface area (Å²) in [4.78, 5) is 16.9. The van der Waals surface area contributed by atoms with Crippen molar-refractivity contribution in [1.82, 2.24) is 15.6 Å². The fraction of sp³-hybridized carbons (Fsp3) is 0.333. The molecular formula is C27H31F2N3O4S. The monoisotopic (exact) mass is 531 g/mol. The highest BCUT2D eigenvalue weighted by Crippen LogP contribution is 2.14. The number of amides is 1. The number of nitrogens with zero attached hydrogens (tertiary/aromatic N) is 1. The molecule has 198 valence electrons. The Morgan fingerprint density at radius 1 is 1.00 bits per heavy atom. The maximum absolute atomic E-state index is 13.8. The van der Waals surface area contributed by atoms with Gasteiger partial charge in [0.15, 0.2) is 9.84 Å². The lowest BCUT2D eigenvalue weighted by molar-refractivity contribution is 0.0829. The highest BCUT2D eigenvalue weighted by molar-refractivity contribution is 7.89. The van der Waals surface area contributed by atoms with Gasteiger partial charge in [-0.3, -0.25) is 9.78 Å². The standard InChI is InChI=1S/C27H31F2N3O4S/c1-3-18-5-4-6-19(7-18)13-31-16-26(33)25(11-20-9-23(28)12-24(29)10-20)32-27(34)22-8-21(14-30-15-22)17-37(2,35)36/h4-10,12,14-15,25-26,31,33H,3,11,13,16-17H2,1-2H3,(H,32,34). The Morgan fingerprint density at radius 2 is 1.70 bits per heavy atom. The summed E-state index contributed by atoms with van der Waals surface area (Å²) in [5.74, 6) is -2.40. The predicted molar refractivity (Wildman–Crippen MR) is 138 cm³/mol. The van der Waals surface area contributed by atoms with E-state index >= 15 is 0 Å². The lowest BCUT2D eigenvalue weighted by Crippen LogP contribution is -2.48. The van der Waals surface area contributed by atoms with Crippen LogP contribution in [-0.4, -0.2) is 49.4 Å². The molecule has 0 fully saturated rings. The van der Waals surface area contributed by atoms with Gasteiger partial charge in [0.1, 0.15) is 11.6 Å². The molecule has 7 nitrogen and oxygen atoms in total. The molecule has 0 saturated carbocycles. The lowest BCUT2D eigenvalue weighted by Gasteiger charge is -2.25. The molecule has 3 N–H and O–H groups in total. The molecule has 2 atom stereocenters. The van der Waals surface area contributed by atoms with Crippen LogP contribution in [0.3, 0.4) is 0 Å². The lowest BCUT2D eigenvalue weighted by atomic mass is 10.00. The molecule has 1 aromatic heterocycles. The first kappa shape index (κ1) is 28.4. The van der Waals surface area contributed by atoms with Gasteiger partial charge in [0, 0.05) is 37.8 Å². The minimum atomic E-state index is -3.33. The summed E-state index contributed by atoms with van der Waals surface area (Å²) < 4.78 is 50.8. The van der Waals surface area contributed by atoms with Crippen molar-refractivity contribution >= 4 is 15.7 Å². The van der Waals surface area contributed by atoms with Crippen LogP contribution in [-0.2, 0) is 35.0 Å². The van der Waals surface area contributed by atoms with E-state index in [9.17, 15) is 27.1 Å². The summed E-state index contributed by atoms with van der Waals surface area (Å²) in [5.41, 5.74) is 2.93. The van der Waals surface area contributed by atoms with Gasteiger partial charge in [-0.25, -0.2) is 17.2 Å². The molecule has 1 heterocycles. The van der Waals surface area contributed by atoms with E-state index in [1.807, 2.05) is 18.2 Å². The van der Waals surface area contributed by atoms with Crippen molar-refractivity contribution in [2.75, 3.05) is 12.8 Å². The molecular weight excluding hydrogens is 500 g/mol. The van der Waals surface area contributed by atoms with Gasteiger partial charge in [0.05, 0.1) is 23.5 Å². The predicted octanol–water partition coefficient (Wildman–Crippen LogP) is 2.96. The third kappa shape index (κ3) is 9.31. The molecule has 0 aliphatic heterocycles. The van der Waals surface area contributed by atoms with Gasteiger partial charge in [-0.15, -0.1) is 0 Å². The van der Waals surface area contributed by atoms with Crippen LogP contribution in [0.25, 0.3) is 0 Å². The van der Waals surface area contributed by atoms with E-state index in [1.165, 1.54) is 24.0 Å². The van der Waals surface area contributed by atoms with Gasteiger partial charge in [0.2, 0.25) is 0 Å². The Morgan fingerprint density at radius 3 is 2.38 bits per heavy atom. The number of rotatable bonds is 12. The molecule has 0 bridgehead atoms. The Kier molecular flexibility index (Phi) is 9.85. The Balaban J connectivity index is 1.74. The molecule has 1 amide bonds. The van der Waals surface area contributed by atoms with Crippen molar-refractivity contribution in [1.29, 1.82) is 0 Å². The number of pyridine rings is 1. The Labute approximate surface area is 215 Å². The topological polar surface area (TPSA) is 108 Å². The summed E-state index contributed by atoms with van der Waals surface area (Å²) in [6.07, 6.45) is 3.48. The molecule has 37 heavy (non-hydrogen) atoms. The molecule has 0 spiro atoms. The molecule has 2 unspecified atom stereocenters. The van der Waals surface area contributed by atoms with Gasteiger partial charge < -0.3 is 15.7 Å². The first-order chi connectivity index (χ1) is 17.5. The summed E-state index contributed by atoms with van der Waals surface area (Å²) in [6.45, 7) is 2.65. The summed E-state index contributed by atoms with van der Waals surface area (Å²) in [7, 11) is -3.33. The van der Waals surface area contributed by atoms with Gasteiger partial charge in [-0.05, 0) is 53.3 Å². The fourth-order valence-electron chi connectivity index (χ4n) is 3.98. The maximum atomic E-state index is 13.8. The number of aryl methyl sites for hydroxylation is 1. The Hall–Kier alpha value is -3.21. The van der Waals surface area contributed by atoms with E-state index < -0.39 is 39.5 Å². The average Bonchev–Trinajstić information content (AvgIpc) is 2.82. The van der Waals surface area contributed by atoms with Crippen LogP contribution in [0.5, 0.6) is 0 Å². The van der Waals surface area contributed by atoms with Crippen LogP contribution in [0.15, 0.2) is 60.9 Å². The van der Waals surface area contributed by atoms with E-state index in [2.05, 4.69) is 28.6 Å². The maximum Gasteiger partial charge on any atom is 0.253 e. The van der Waals surface area contributed by atoms with E-state index in [0.29, 0.717) is 12.1 Å². The van der Waals surface area contributed by atoms with Crippen molar-refractivity contribution in [3.63, 3.8) is 0 Å². The second-order valence-electron chi connectivity index (χ2n) is 9.09. The van der Waals surface area contributed by atoms with Crippen LogP contribution in [0, 0.1) is 11.6 Å². The van der Waals surface area contributed by atoms with E-state index in [0.717, 1.165) is 36.4 Å². The van der Waals surface area contributed by atoms with Crippen molar-refractivity contribution in [2.45, 2.75) is 44.2 Å². The number of aliphatic hydroxyl groups is 1. The number of aliphatic hydroxyl groups excluding tert-OH is 1. The van der Waals surface area contributed by atoms with Crippen molar-refractivity contribution < 1.29 is 27.1 Å². The number of carbonyl (C=O) groups is 1.